The molecule has 1 heterocycles. The molecule has 0 aromatic heterocycles. The molecule has 1 N–H and O–H groups in total. The van der Waals surface area contributed by atoms with Gasteiger partial charge in [-0.2, -0.15) is 11.8 Å². The lowest BCUT2D eigenvalue weighted by Gasteiger charge is -2.41. The second-order valence-electron chi connectivity index (χ2n) is 6.19. The molecule has 118 valence electrons. The third-order valence-corrected chi connectivity index (χ3v) is 8.09. The Balaban J connectivity index is 2.12. The Morgan fingerprint density at radius 1 is 1.35 bits per heavy atom. The van der Waals surface area contributed by atoms with Crippen LogP contribution >= 0.6 is 11.8 Å². The zero-order chi connectivity index (χ0) is 14.6. The van der Waals surface area contributed by atoms with Crippen LogP contribution < -0.4 is 5.32 Å². The first kappa shape index (κ1) is 16.6. The van der Waals surface area contributed by atoms with Crippen LogP contribution in [0.1, 0.15) is 32.6 Å². The lowest BCUT2D eigenvalue weighted by molar-refractivity contribution is 0.148. The quantitative estimate of drug-likeness (QED) is 0.805. The summed E-state index contributed by atoms with van der Waals surface area (Å²) in [6.45, 7) is 4.64. The van der Waals surface area contributed by atoms with Gasteiger partial charge in [0, 0.05) is 36.9 Å². The summed E-state index contributed by atoms with van der Waals surface area (Å²) in [4.78, 5) is 2.26. The van der Waals surface area contributed by atoms with Crippen LogP contribution in [0.2, 0.25) is 0 Å². The van der Waals surface area contributed by atoms with E-state index in [0.29, 0.717) is 0 Å². The number of nitrogens with zero attached hydrogens (tertiary/aromatic N) is 1. The summed E-state index contributed by atoms with van der Waals surface area (Å²) in [5.41, 5.74) is 0.290. The SMILES string of the molecule is CCS(=O)(=O)C1CSCCN1CC1(CNC)CCCC1. The third-order valence-electron chi connectivity index (χ3n) is 4.76. The molecule has 1 aliphatic carbocycles. The summed E-state index contributed by atoms with van der Waals surface area (Å²) in [5.74, 6) is 2.06. The molecule has 2 rings (SSSR count). The van der Waals surface area contributed by atoms with E-state index in [-0.39, 0.29) is 16.5 Å². The van der Waals surface area contributed by atoms with E-state index >= 15 is 0 Å². The summed E-state index contributed by atoms with van der Waals surface area (Å²) in [6, 6.07) is 0. The molecule has 20 heavy (non-hydrogen) atoms. The molecule has 6 heteroatoms. The normalized spacial score (nSPS) is 27.8. The van der Waals surface area contributed by atoms with E-state index in [1.165, 1.54) is 25.7 Å². The van der Waals surface area contributed by atoms with Gasteiger partial charge in [0.05, 0.1) is 0 Å². The predicted octanol–water partition coefficient (Wildman–Crippen LogP) is 1.58. The Hall–Kier alpha value is 0.220. The molecule has 2 fully saturated rings. The van der Waals surface area contributed by atoms with E-state index in [1.54, 1.807) is 18.7 Å². The zero-order valence-electron chi connectivity index (χ0n) is 12.7. The first-order chi connectivity index (χ1) is 9.53. The molecule has 0 amide bonds. The number of hydrogen-bond donors (Lipinski definition) is 1. The molecule has 0 aromatic rings. The molecule has 0 aromatic carbocycles. The number of hydrogen-bond acceptors (Lipinski definition) is 5. The lowest BCUT2D eigenvalue weighted by Crippen LogP contribution is -2.53. The minimum absolute atomic E-state index is 0.258. The molecule has 0 radical (unpaired) electrons. The standard InChI is InChI=1S/C14H28N2O2S2/c1-3-20(17,18)13-10-19-9-8-16(13)12-14(11-15-2)6-4-5-7-14/h13,15H,3-12H2,1-2H3. The van der Waals surface area contributed by atoms with Gasteiger partial charge in [-0.25, -0.2) is 8.42 Å². The van der Waals surface area contributed by atoms with Crippen LogP contribution in [0.4, 0.5) is 0 Å². The smallest absolute Gasteiger partial charge is 0.166 e. The van der Waals surface area contributed by atoms with E-state index in [9.17, 15) is 8.42 Å². The van der Waals surface area contributed by atoms with Crippen molar-refractivity contribution in [2.75, 3.05) is 43.9 Å². The zero-order valence-corrected chi connectivity index (χ0v) is 14.4. The van der Waals surface area contributed by atoms with Crippen LogP contribution in [0, 0.1) is 5.41 Å². The van der Waals surface area contributed by atoms with E-state index in [1.807, 2.05) is 7.05 Å². The average Bonchev–Trinajstić information content (AvgIpc) is 2.88. The summed E-state index contributed by atoms with van der Waals surface area (Å²) in [5, 5.41) is 3.06. The summed E-state index contributed by atoms with van der Waals surface area (Å²) >= 11 is 1.78. The van der Waals surface area contributed by atoms with Crippen LogP contribution in [-0.2, 0) is 9.84 Å². The molecule has 0 spiro atoms. The minimum Gasteiger partial charge on any atom is -0.319 e. The van der Waals surface area contributed by atoms with Crippen molar-refractivity contribution < 1.29 is 8.42 Å². The van der Waals surface area contributed by atoms with Crippen LogP contribution in [0.25, 0.3) is 0 Å². The molecule has 1 atom stereocenters. The maximum absolute atomic E-state index is 12.3. The van der Waals surface area contributed by atoms with Gasteiger partial charge in [0.25, 0.3) is 0 Å². The fraction of sp³-hybridized carbons (Fsp3) is 1.00. The van der Waals surface area contributed by atoms with Gasteiger partial charge in [0.1, 0.15) is 5.37 Å². The van der Waals surface area contributed by atoms with Crippen molar-refractivity contribution >= 4 is 21.6 Å². The lowest BCUT2D eigenvalue weighted by atomic mass is 9.85. The van der Waals surface area contributed by atoms with Crippen molar-refractivity contribution in [3.63, 3.8) is 0 Å². The van der Waals surface area contributed by atoms with E-state index in [2.05, 4.69) is 10.2 Å². The number of thioether (sulfide) groups is 1. The monoisotopic (exact) mass is 320 g/mol. The van der Waals surface area contributed by atoms with Gasteiger partial charge in [-0.3, -0.25) is 4.90 Å². The second kappa shape index (κ2) is 6.99. The highest BCUT2D eigenvalue weighted by molar-refractivity contribution is 8.01. The molecule has 1 saturated carbocycles. The maximum Gasteiger partial charge on any atom is 0.166 e. The van der Waals surface area contributed by atoms with Gasteiger partial charge in [0.15, 0.2) is 9.84 Å². The van der Waals surface area contributed by atoms with Crippen molar-refractivity contribution in [3.05, 3.63) is 0 Å². The Morgan fingerprint density at radius 2 is 2.05 bits per heavy atom. The molecular weight excluding hydrogens is 292 g/mol. The molecule has 1 aliphatic heterocycles. The highest BCUT2D eigenvalue weighted by atomic mass is 32.2. The fourth-order valence-electron chi connectivity index (χ4n) is 3.64. The van der Waals surface area contributed by atoms with E-state index < -0.39 is 9.84 Å². The second-order valence-corrected chi connectivity index (χ2v) is 9.79. The molecule has 2 aliphatic rings. The minimum atomic E-state index is -2.97. The maximum atomic E-state index is 12.3. The molecule has 0 bridgehead atoms. The summed E-state index contributed by atoms with van der Waals surface area (Å²) in [6.07, 6.45) is 5.04. The Morgan fingerprint density at radius 3 is 2.65 bits per heavy atom. The predicted molar refractivity (Wildman–Crippen MR) is 87.0 cm³/mol. The average molecular weight is 321 g/mol. The molecular formula is C14H28N2O2S2. The first-order valence-corrected chi connectivity index (χ1v) is 10.6. The highest BCUT2D eigenvalue weighted by Crippen LogP contribution is 2.39. The van der Waals surface area contributed by atoms with Gasteiger partial charge in [-0.1, -0.05) is 19.8 Å². The van der Waals surface area contributed by atoms with Crippen molar-refractivity contribution in [3.8, 4) is 0 Å². The van der Waals surface area contributed by atoms with Crippen molar-refractivity contribution in [2.45, 2.75) is 38.0 Å². The molecule has 1 unspecified atom stereocenters. The Labute approximate surface area is 128 Å². The first-order valence-electron chi connectivity index (χ1n) is 7.71. The van der Waals surface area contributed by atoms with Crippen LogP contribution in [0.5, 0.6) is 0 Å². The van der Waals surface area contributed by atoms with Crippen LogP contribution in [0.3, 0.4) is 0 Å². The Bertz CT molecular complexity index is 405. The summed E-state index contributed by atoms with van der Waals surface area (Å²) < 4.78 is 24.7. The number of rotatable bonds is 6. The van der Waals surface area contributed by atoms with Crippen molar-refractivity contribution in [2.24, 2.45) is 5.41 Å². The summed E-state index contributed by atoms with van der Waals surface area (Å²) in [7, 11) is -0.963. The van der Waals surface area contributed by atoms with E-state index in [0.717, 1.165) is 31.1 Å². The number of nitrogens with one attached hydrogen (secondary N) is 1. The largest absolute Gasteiger partial charge is 0.319 e. The van der Waals surface area contributed by atoms with Crippen LogP contribution in [0.15, 0.2) is 0 Å². The Kier molecular flexibility index (Phi) is 5.79. The van der Waals surface area contributed by atoms with Gasteiger partial charge in [-0.15, -0.1) is 0 Å². The van der Waals surface area contributed by atoms with Gasteiger partial charge in [-0.05, 0) is 25.3 Å². The number of sulfone groups is 1. The third kappa shape index (κ3) is 3.70. The van der Waals surface area contributed by atoms with Gasteiger partial charge in [0.2, 0.25) is 0 Å². The molecule has 1 saturated heterocycles. The van der Waals surface area contributed by atoms with Gasteiger partial charge >= 0.3 is 0 Å². The van der Waals surface area contributed by atoms with Crippen molar-refractivity contribution in [1.29, 1.82) is 0 Å². The van der Waals surface area contributed by atoms with Gasteiger partial charge < -0.3 is 5.32 Å². The van der Waals surface area contributed by atoms with Crippen LogP contribution in [-0.4, -0.2) is 62.6 Å². The van der Waals surface area contributed by atoms with E-state index in [4.69, 9.17) is 0 Å². The highest BCUT2D eigenvalue weighted by Gasteiger charge is 2.40. The topological polar surface area (TPSA) is 49.4 Å². The van der Waals surface area contributed by atoms with Crippen molar-refractivity contribution in [1.82, 2.24) is 10.2 Å². The molecule has 4 nitrogen and oxygen atoms in total. The fourth-order valence-corrected chi connectivity index (χ4v) is 6.72.